The van der Waals surface area contributed by atoms with E-state index in [0.717, 1.165) is 17.7 Å². The number of hydrogen-bond donors (Lipinski definition) is 1. The third-order valence-electron chi connectivity index (χ3n) is 3.11. The van der Waals surface area contributed by atoms with Gasteiger partial charge in [-0.25, -0.2) is 0 Å². The number of anilines is 1. The van der Waals surface area contributed by atoms with Crippen molar-refractivity contribution in [3.63, 3.8) is 0 Å². The zero-order chi connectivity index (χ0) is 13.1. The molecule has 0 saturated carbocycles. The van der Waals surface area contributed by atoms with Crippen molar-refractivity contribution in [1.82, 2.24) is 0 Å². The molecule has 0 fully saturated rings. The van der Waals surface area contributed by atoms with Crippen LogP contribution in [-0.2, 0) is 20.7 Å². The molecule has 5 heteroatoms. The van der Waals surface area contributed by atoms with Crippen molar-refractivity contribution in [2.24, 2.45) is 5.73 Å². The number of carbonyl (C=O) groups excluding carboxylic acids is 2. The van der Waals surface area contributed by atoms with Crippen LogP contribution in [0, 0.1) is 0 Å². The largest absolute Gasteiger partial charge is 0.468 e. The van der Waals surface area contributed by atoms with Crippen molar-refractivity contribution in [1.29, 1.82) is 0 Å². The number of nitrogens with two attached hydrogens (primary N) is 1. The van der Waals surface area contributed by atoms with Crippen molar-refractivity contribution in [3.8, 4) is 0 Å². The summed E-state index contributed by atoms with van der Waals surface area (Å²) in [5.41, 5.74) is 7.60. The Morgan fingerprint density at radius 2 is 2.22 bits per heavy atom. The summed E-state index contributed by atoms with van der Waals surface area (Å²) in [7, 11) is 1.30. The van der Waals surface area contributed by atoms with E-state index >= 15 is 0 Å². The number of aryl methyl sites for hydroxylation is 1. The predicted molar refractivity (Wildman–Crippen MR) is 67.1 cm³/mol. The van der Waals surface area contributed by atoms with Gasteiger partial charge in [0.25, 0.3) is 0 Å². The van der Waals surface area contributed by atoms with Crippen LogP contribution in [0.1, 0.15) is 12.0 Å². The molecule has 2 N–H and O–H groups in total. The lowest BCUT2D eigenvalue weighted by molar-refractivity contribution is -0.140. The molecule has 96 valence electrons. The van der Waals surface area contributed by atoms with E-state index in [2.05, 4.69) is 4.74 Å². The Labute approximate surface area is 106 Å². The number of rotatable bonds is 2. The summed E-state index contributed by atoms with van der Waals surface area (Å²) >= 11 is 0. The Hall–Kier alpha value is -1.88. The van der Waals surface area contributed by atoms with Crippen LogP contribution < -0.4 is 10.6 Å². The quantitative estimate of drug-likeness (QED) is 0.772. The molecule has 1 aliphatic heterocycles. The molecule has 0 spiro atoms. The smallest absolute Gasteiger partial charge is 0.325 e. The average Bonchev–Trinajstić information content (AvgIpc) is 2.51. The minimum atomic E-state index is -0.568. The number of methoxy groups -OCH3 is 1. The van der Waals surface area contributed by atoms with Gasteiger partial charge in [0.1, 0.15) is 6.54 Å². The molecule has 1 aliphatic rings. The average molecular weight is 248 g/mol. The van der Waals surface area contributed by atoms with Gasteiger partial charge < -0.3 is 10.5 Å². The number of carbonyl (C=O) groups is 2. The van der Waals surface area contributed by atoms with Crippen molar-refractivity contribution in [2.45, 2.75) is 18.9 Å². The molecular formula is C13H16N2O3. The van der Waals surface area contributed by atoms with E-state index in [1.54, 1.807) is 0 Å². The number of hydrogen-bond acceptors (Lipinski definition) is 4. The van der Waals surface area contributed by atoms with E-state index in [-0.39, 0.29) is 12.5 Å². The Morgan fingerprint density at radius 3 is 2.94 bits per heavy atom. The molecule has 0 unspecified atom stereocenters. The highest BCUT2D eigenvalue weighted by molar-refractivity contribution is 6.01. The maximum Gasteiger partial charge on any atom is 0.325 e. The molecule has 0 saturated heterocycles. The summed E-state index contributed by atoms with van der Waals surface area (Å²) in [6, 6.07) is 6.96. The highest BCUT2D eigenvalue weighted by Crippen LogP contribution is 2.26. The lowest BCUT2D eigenvalue weighted by atomic mass is 10.1. The van der Waals surface area contributed by atoms with Gasteiger partial charge in [-0.15, -0.1) is 0 Å². The van der Waals surface area contributed by atoms with Gasteiger partial charge in [0.15, 0.2) is 0 Å². The molecule has 1 aromatic carbocycles. The van der Waals surface area contributed by atoms with Crippen molar-refractivity contribution < 1.29 is 14.3 Å². The number of nitrogens with zero attached hydrogens (tertiary/aromatic N) is 1. The predicted octanol–water partition coefficient (Wildman–Crippen LogP) is 0.466. The molecular weight excluding hydrogens is 232 g/mol. The lowest BCUT2D eigenvalue weighted by Gasteiger charge is -2.23. The molecule has 5 nitrogen and oxygen atoms in total. The number of amides is 1. The fourth-order valence-electron chi connectivity index (χ4n) is 2.10. The molecule has 0 aliphatic carbocycles. The van der Waals surface area contributed by atoms with Crippen molar-refractivity contribution in [2.75, 3.05) is 18.6 Å². The number of fused-ring (bicyclic) bond motifs is 1. The summed E-state index contributed by atoms with van der Waals surface area (Å²) in [5, 5.41) is 0. The fourth-order valence-corrected chi connectivity index (χ4v) is 2.10. The number of ether oxygens (including phenoxy) is 1. The highest BCUT2D eigenvalue weighted by atomic mass is 16.5. The number of benzene rings is 1. The summed E-state index contributed by atoms with van der Waals surface area (Å²) in [5.74, 6) is -0.683. The van der Waals surface area contributed by atoms with Gasteiger partial charge >= 0.3 is 5.97 Å². The second-order valence-corrected chi connectivity index (χ2v) is 4.27. The first kappa shape index (κ1) is 12.6. The summed E-state index contributed by atoms with van der Waals surface area (Å²) in [4.78, 5) is 25.0. The van der Waals surface area contributed by atoms with Gasteiger partial charge in [-0.3, -0.25) is 14.5 Å². The van der Waals surface area contributed by atoms with E-state index in [4.69, 9.17) is 5.73 Å². The maximum atomic E-state index is 12.2. The van der Waals surface area contributed by atoms with Crippen LogP contribution in [-0.4, -0.2) is 31.6 Å². The fraction of sp³-hybridized carbons (Fsp3) is 0.385. The minimum absolute atomic E-state index is 0.0972. The minimum Gasteiger partial charge on any atom is -0.468 e. The number of esters is 1. The van der Waals surface area contributed by atoms with Gasteiger partial charge in [-0.1, -0.05) is 18.2 Å². The molecule has 0 bridgehead atoms. The topological polar surface area (TPSA) is 72.6 Å². The summed E-state index contributed by atoms with van der Waals surface area (Å²) in [6.07, 6.45) is 1.33. The van der Waals surface area contributed by atoms with E-state index in [1.165, 1.54) is 12.0 Å². The normalized spacial score (nSPS) is 19.1. The third-order valence-corrected chi connectivity index (χ3v) is 3.11. The van der Waals surface area contributed by atoms with Gasteiger partial charge in [0.05, 0.1) is 13.2 Å². The molecule has 1 aromatic rings. The Morgan fingerprint density at radius 1 is 1.50 bits per heavy atom. The maximum absolute atomic E-state index is 12.2. The zero-order valence-electron chi connectivity index (χ0n) is 10.3. The highest BCUT2D eigenvalue weighted by Gasteiger charge is 2.29. The molecule has 1 atom stereocenters. The second-order valence-electron chi connectivity index (χ2n) is 4.27. The Balaban J connectivity index is 2.38. The first-order valence-corrected chi connectivity index (χ1v) is 5.85. The number of para-hydroxylation sites is 1. The van der Waals surface area contributed by atoms with Gasteiger partial charge in [-0.2, -0.15) is 0 Å². The van der Waals surface area contributed by atoms with Crippen LogP contribution in [0.15, 0.2) is 24.3 Å². The van der Waals surface area contributed by atoms with Crippen LogP contribution in [0.3, 0.4) is 0 Å². The van der Waals surface area contributed by atoms with Crippen LogP contribution in [0.4, 0.5) is 5.69 Å². The summed E-state index contributed by atoms with van der Waals surface area (Å²) in [6.45, 7) is -0.0972. The Bertz CT molecular complexity index is 473. The van der Waals surface area contributed by atoms with Crippen LogP contribution in [0.2, 0.25) is 0 Å². The molecule has 1 heterocycles. The first-order chi connectivity index (χ1) is 8.63. The SMILES string of the molecule is COC(=O)CN1C(=O)[C@@H](N)CCc2ccccc21. The van der Waals surface area contributed by atoms with Gasteiger partial charge in [0, 0.05) is 5.69 Å². The first-order valence-electron chi connectivity index (χ1n) is 5.85. The van der Waals surface area contributed by atoms with Crippen LogP contribution in [0.25, 0.3) is 0 Å². The molecule has 1 amide bonds. The van der Waals surface area contributed by atoms with E-state index in [9.17, 15) is 9.59 Å². The lowest BCUT2D eigenvalue weighted by Crippen LogP contribution is -2.45. The van der Waals surface area contributed by atoms with E-state index in [0.29, 0.717) is 6.42 Å². The van der Waals surface area contributed by atoms with Crippen molar-refractivity contribution >= 4 is 17.6 Å². The molecule has 0 aromatic heterocycles. The monoisotopic (exact) mass is 248 g/mol. The van der Waals surface area contributed by atoms with Crippen molar-refractivity contribution in [3.05, 3.63) is 29.8 Å². The van der Waals surface area contributed by atoms with Gasteiger partial charge in [0.2, 0.25) is 5.91 Å². The summed E-state index contributed by atoms with van der Waals surface area (Å²) < 4.78 is 4.62. The zero-order valence-corrected chi connectivity index (χ0v) is 10.3. The van der Waals surface area contributed by atoms with E-state index < -0.39 is 12.0 Å². The Kier molecular flexibility index (Phi) is 3.62. The third kappa shape index (κ3) is 2.36. The molecule has 0 radical (unpaired) electrons. The van der Waals surface area contributed by atoms with Crippen LogP contribution >= 0.6 is 0 Å². The molecule has 2 rings (SSSR count). The van der Waals surface area contributed by atoms with Gasteiger partial charge in [-0.05, 0) is 24.5 Å². The standard InChI is InChI=1S/C13H16N2O3/c1-18-12(16)8-15-11-5-3-2-4-9(11)6-7-10(14)13(15)17/h2-5,10H,6-8,14H2,1H3/t10-/m0/s1. The van der Waals surface area contributed by atoms with E-state index in [1.807, 2.05) is 24.3 Å². The second kappa shape index (κ2) is 5.18. The van der Waals surface area contributed by atoms with Crippen LogP contribution in [0.5, 0.6) is 0 Å². The molecule has 18 heavy (non-hydrogen) atoms.